The van der Waals surface area contributed by atoms with Crippen molar-refractivity contribution in [1.82, 2.24) is 4.90 Å². The molecule has 0 saturated carbocycles. The largest absolute Gasteiger partial charge is 0.302 e. The monoisotopic (exact) mass is 354 g/mol. The van der Waals surface area contributed by atoms with Crippen molar-refractivity contribution >= 4 is 33.0 Å². The van der Waals surface area contributed by atoms with Crippen LogP contribution in [-0.2, 0) is 13.0 Å². The van der Waals surface area contributed by atoms with Crippen LogP contribution in [0.15, 0.2) is 40.2 Å². The van der Waals surface area contributed by atoms with Crippen LogP contribution >= 0.6 is 27.3 Å². The van der Waals surface area contributed by atoms with Gasteiger partial charge in [0.25, 0.3) is 5.69 Å². The lowest BCUT2D eigenvalue weighted by Gasteiger charge is -2.17. The molecule has 0 amide bonds. The molecule has 0 spiro atoms. The maximum absolute atomic E-state index is 10.9. The van der Waals surface area contributed by atoms with Crippen molar-refractivity contribution in [2.24, 2.45) is 0 Å². The highest BCUT2D eigenvalue weighted by molar-refractivity contribution is 9.10. The van der Waals surface area contributed by atoms with Crippen LogP contribution in [0.25, 0.3) is 0 Å². The molecule has 0 unspecified atom stereocenters. The summed E-state index contributed by atoms with van der Waals surface area (Å²) in [6.45, 7) is 1.61. The average molecular weight is 355 g/mol. The predicted molar refractivity (Wildman–Crippen MR) is 85.2 cm³/mol. The quantitative estimate of drug-likeness (QED) is 0.579. The Balaban J connectivity index is 1.99. The molecular formula is C14H15BrN2O2S. The fraction of sp³-hybridized carbons (Fsp3) is 0.286. The van der Waals surface area contributed by atoms with Crippen molar-refractivity contribution in [1.29, 1.82) is 0 Å². The number of likely N-dealkylation sites (N-methyl/N-ethyl adjacent to an activating group) is 1. The van der Waals surface area contributed by atoms with E-state index in [4.69, 9.17) is 0 Å². The normalized spacial score (nSPS) is 10.9. The zero-order valence-electron chi connectivity index (χ0n) is 11.1. The van der Waals surface area contributed by atoms with Crippen molar-refractivity contribution in [2.75, 3.05) is 13.6 Å². The molecule has 0 aliphatic heterocycles. The summed E-state index contributed by atoms with van der Waals surface area (Å²) < 4.78 is 0.577. The average Bonchev–Trinajstić information content (AvgIpc) is 2.91. The van der Waals surface area contributed by atoms with Crippen molar-refractivity contribution in [3.05, 3.63) is 60.7 Å². The third-order valence-corrected chi connectivity index (χ3v) is 4.87. The molecule has 4 nitrogen and oxygen atoms in total. The Morgan fingerprint density at radius 3 is 2.80 bits per heavy atom. The molecular weight excluding hydrogens is 340 g/mol. The topological polar surface area (TPSA) is 46.4 Å². The first-order chi connectivity index (χ1) is 9.58. The fourth-order valence-electron chi connectivity index (χ4n) is 1.96. The molecule has 1 aromatic carbocycles. The smallest absolute Gasteiger partial charge is 0.283 e. The number of nitrogens with zero attached hydrogens (tertiary/aromatic N) is 2. The Kier molecular flexibility index (Phi) is 5.28. The maximum Gasteiger partial charge on any atom is 0.283 e. The third kappa shape index (κ3) is 3.88. The molecule has 2 aromatic rings. The second-order valence-electron chi connectivity index (χ2n) is 4.57. The van der Waals surface area contributed by atoms with Crippen LogP contribution in [0.3, 0.4) is 0 Å². The van der Waals surface area contributed by atoms with Crippen LogP contribution in [0.4, 0.5) is 5.69 Å². The van der Waals surface area contributed by atoms with Crippen LogP contribution in [0.5, 0.6) is 0 Å². The van der Waals surface area contributed by atoms with Crippen LogP contribution in [0.1, 0.15) is 10.4 Å². The molecule has 6 heteroatoms. The maximum atomic E-state index is 10.9. The van der Waals surface area contributed by atoms with E-state index in [1.807, 2.05) is 13.1 Å². The van der Waals surface area contributed by atoms with Gasteiger partial charge in [-0.2, -0.15) is 0 Å². The van der Waals surface area contributed by atoms with Crippen molar-refractivity contribution < 1.29 is 4.92 Å². The van der Waals surface area contributed by atoms with Gasteiger partial charge in [0.15, 0.2) is 0 Å². The molecule has 0 fully saturated rings. The minimum atomic E-state index is -0.362. The van der Waals surface area contributed by atoms with Gasteiger partial charge < -0.3 is 4.90 Å². The second kappa shape index (κ2) is 6.97. The van der Waals surface area contributed by atoms with Gasteiger partial charge >= 0.3 is 0 Å². The highest BCUT2D eigenvalue weighted by Crippen LogP contribution is 2.28. The minimum Gasteiger partial charge on any atom is -0.302 e. The number of benzene rings is 1. The van der Waals surface area contributed by atoms with Gasteiger partial charge in [-0.15, -0.1) is 11.3 Å². The number of hydrogen-bond donors (Lipinski definition) is 0. The van der Waals surface area contributed by atoms with Crippen molar-refractivity contribution in [3.8, 4) is 0 Å². The van der Waals surface area contributed by atoms with E-state index in [1.54, 1.807) is 17.4 Å². The van der Waals surface area contributed by atoms with Gasteiger partial charge in [0.05, 0.1) is 9.40 Å². The number of hydrogen-bond acceptors (Lipinski definition) is 4. The van der Waals surface area contributed by atoms with Gasteiger partial charge in [-0.25, -0.2) is 0 Å². The Labute approximate surface area is 130 Å². The molecule has 20 heavy (non-hydrogen) atoms. The SMILES string of the molecule is CN(CCc1cccs1)Cc1cccc([N+](=O)[O-])c1Br. The van der Waals surface area contributed by atoms with Gasteiger partial charge in [-0.1, -0.05) is 18.2 Å². The van der Waals surface area contributed by atoms with Crippen molar-refractivity contribution in [3.63, 3.8) is 0 Å². The van der Waals surface area contributed by atoms with E-state index in [9.17, 15) is 10.1 Å². The molecule has 0 atom stereocenters. The van der Waals surface area contributed by atoms with Crippen LogP contribution < -0.4 is 0 Å². The summed E-state index contributed by atoms with van der Waals surface area (Å²) in [4.78, 5) is 14.1. The van der Waals surface area contributed by atoms with Gasteiger partial charge in [0.2, 0.25) is 0 Å². The number of thiophene rings is 1. The van der Waals surface area contributed by atoms with E-state index >= 15 is 0 Å². The fourth-order valence-corrected chi connectivity index (χ4v) is 3.19. The molecule has 0 bridgehead atoms. The predicted octanol–water partition coefficient (Wildman–Crippen LogP) is 4.09. The summed E-state index contributed by atoms with van der Waals surface area (Å²) in [5.41, 5.74) is 1.06. The van der Waals surface area contributed by atoms with E-state index in [0.717, 1.165) is 18.5 Å². The lowest BCUT2D eigenvalue weighted by molar-refractivity contribution is -0.385. The molecule has 2 rings (SSSR count). The molecule has 1 aromatic heterocycles. The van der Waals surface area contributed by atoms with E-state index < -0.39 is 0 Å². The lowest BCUT2D eigenvalue weighted by Crippen LogP contribution is -2.20. The number of nitro groups is 1. The van der Waals surface area contributed by atoms with E-state index in [1.165, 1.54) is 10.9 Å². The van der Waals surface area contributed by atoms with E-state index in [-0.39, 0.29) is 10.6 Å². The van der Waals surface area contributed by atoms with Crippen LogP contribution in [0.2, 0.25) is 0 Å². The summed E-state index contributed by atoms with van der Waals surface area (Å²) >= 11 is 5.09. The van der Waals surface area contributed by atoms with E-state index in [0.29, 0.717) is 11.0 Å². The molecule has 0 radical (unpaired) electrons. The van der Waals surface area contributed by atoms with Crippen molar-refractivity contribution in [2.45, 2.75) is 13.0 Å². The summed E-state index contributed by atoms with van der Waals surface area (Å²) in [5, 5.41) is 13.0. The molecule has 0 saturated heterocycles. The summed E-state index contributed by atoms with van der Waals surface area (Å²) in [7, 11) is 2.03. The zero-order valence-corrected chi connectivity index (χ0v) is 13.5. The Hall–Kier alpha value is -1.24. The number of rotatable bonds is 6. The molecule has 0 N–H and O–H groups in total. The van der Waals surface area contributed by atoms with Gasteiger partial charge in [-0.05, 0) is 46.4 Å². The van der Waals surface area contributed by atoms with Gasteiger partial charge in [0.1, 0.15) is 0 Å². The highest BCUT2D eigenvalue weighted by Gasteiger charge is 2.15. The first kappa shape index (κ1) is 15.2. The first-order valence-corrected chi connectivity index (χ1v) is 7.88. The lowest BCUT2D eigenvalue weighted by atomic mass is 10.2. The Morgan fingerprint density at radius 1 is 1.35 bits per heavy atom. The second-order valence-corrected chi connectivity index (χ2v) is 6.40. The van der Waals surface area contributed by atoms with Gasteiger partial charge in [0, 0.05) is 24.0 Å². The summed E-state index contributed by atoms with van der Waals surface area (Å²) in [6, 6.07) is 9.34. The van der Waals surface area contributed by atoms with E-state index in [2.05, 4.69) is 38.3 Å². The first-order valence-electron chi connectivity index (χ1n) is 6.20. The zero-order chi connectivity index (χ0) is 14.5. The molecule has 0 aliphatic rings. The minimum absolute atomic E-state index is 0.120. The third-order valence-electron chi connectivity index (χ3n) is 3.02. The van der Waals surface area contributed by atoms with Gasteiger partial charge in [-0.3, -0.25) is 10.1 Å². The number of halogens is 1. The summed E-state index contributed by atoms with van der Waals surface area (Å²) in [5.74, 6) is 0. The van der Waals surface area contributed by atoms with Crippen LogP contribution in [-0.4, -0.2) is 23.4 Å². The Bertz CT molecular complexity index is 587. The Morgan fingerprint density at radius 2 is 2.15 bits per heavy atom. The molecule has 1 heterocycles. The van der Waals surface area contributed by atoms with Crippen LogP contribution in [0, 0.1) is 10.1 Å². The molecule has 0 aliphatic carbocycles. The number of nitro benzene ring substituents is 1. The highest BCUT2D eigenvalue weighted by atomic mass is 79.9. The standard InChI is InChI=1S/C14H15BrN2O2S/c1-16(8-7-12-5-3-9-20-12)10-11-4-2-6-13(14(11)15)17(18)19/h2-6,9H,7-8,10H2,1H3. The molecule has 106 valence electrons. The summed E-state index contributed by atoms with van der Waals surface area (Å²) in [6.07, 6.45) is 1.00.